The van der Waals surface area contributed by atoms with E-state index in [9.17, 15) is 9.18 Å². The third kappa shape index (κ3) is 0.874. The predicted molar refractivity (Wildman–Crippen MR) is 40.6 cm³/mol. The zero-order valence-corrected chi connectivity index (χ0v) is 6.79. The molecule has 0 aromatic carbocycles. The number of carboxylic acid groups (broad SMARTS) is 1. The van der Waals surface area contributed by atoms with Gasteiger partial charge in [0, 0.05) is 13.1 Å². The molecule has 4 heteroatoms. The highest BCUT2D eigenvalue weighted by Crippen LogP contribution is 2.41. The molecule has 0 saturated carbocycles. The Bertz CT molecular complexity index is 221. The molecule has 68 valence electrons. The Labute approximate surface area is 70.2 Å². The molecule has 2 heterocycles. The van der Waals surface area contributed by atoms with E-state index in [1.807, 2.05) is 4.90 Å². The predicted octanol–water partition coefficient (Wildman–Crippen LogP) is 0.505. The summed E-state index contributed by atoms with van der Waals surface area (Å²) < 4.78 is 13.4. The monoisotopic (exact) mass is 173 g/mol. The van der Waals surface area contributed by atoms with Gasteiger partial charge in [-0.3, -0.25) is 4.79 Å². The first-order chi connectivity index (χ1) is 5.65. The molecular weight excluding hydrogens is 161 g/mol. The minimum absolute atomic E-state index is 0.381. The van der Waals surface area contributed by atoms with E-state index in [0.29, 0.717) is 19.4 Å². The maximum absolute atomic E-state index is 13.4. The van der Waals surface area contributed by atoms with Gasteiger partial charge in [0.2, 0.25) is 0 Å². The molecule has 3 unspecified atom stereocenters. The minimum Gasteiger partial charge on any atom is -0.481 e. The summed E-state index contributed by atoms with van der Waals surface area (Å²) >= 11 is 0. The van der Waals surface area contributed by atoms with Gasteiger partial charge in [0.05, 0.1) is 0 Å². The fourth-order valence-corrected chi connectivity index (χ4v) is 2.24. The summed E-state index contributed by atoms with van der Waals surface area (Å²) in [5.74, 6) is -0.961. The summed E-state index contributed by atoms with van der Waals surface area (Å²) in [5.41, 5.74) is -1.07. The number of aliphatic carboxylic acids is 1. The number of alkyl halides is 1. The van der Waals surface area contributed by atoms with Gasteiger partial charge >= 0.3 is 5.97 Å². The van der Waals surface area contributed by atoms with Crippen molar-refractivity contribution in [1.29, 1.82) is 0 Å². The van der Waals surface area contributed by atoms with Crippen LogP contribution < -0.4 is 0 Å². The first-order valence-electron chi connectivity index (χ1n) is 4.25. The SMILES string of the molecule is O=C(O)C12CCN(CCC1F)C2. The number of rotatable bonds is 1. The second-order valence-electron chi connectivity index (χ2n) is 3.74. The van der Waals surface area contributed by atoms with Crippen molar-refractivity contribution in [2.45, 2.75) is 19.0 Å². The van der Waals surface area contributed by atoms with Crippen molar-refractivity contribution in [3.05, 3.63) is 0 Å². The normalized spacial score (nSPS) is 46.1. The lowest BCUT2D eigenvalue weighted by Crippen LogP contribution is -2.47. The average Bonchev–Trinajstić information content (AvgIpc) is 2.39. The maximum atomic E-state index is 13.4. The van der Waals surface area contributed by atoms with Crippen molar-refractivity contribution in [2.75, 3.05) is 19.6 Å². The number of carbonyl (C=O) groups is 1. The lowest BCUT2D eigenvalue weighted by Gasteiger charge is -2.33. The summed E-state index contributed by atoms with van der Waals surface area (Å²) in [6, 6.07) is 0. The Kier molecular flexibility index (Phi) is 1.61. The zero-order valence-electron chi connectivity index (χ0n) is 6.79. The number of fused-ring (bicyclic) bond motifs is 2. The van der Waals surface area contributed by atoms with Crippen LogP contribution in [0.15, 0.2) is 0 Å². The van der Waals surface area contributed by atoms with E-state index >= 15 is 0 Å². The quantitative estimate of drug-likeness (QED) is 0.628. The molecule has 0 radical (unpaired) electrons. The molecule has 3 atom stereocenters. The molecule has 0 aromatic rings. The number of hydrogen-bond acceptors (Lipinski definition) is 2. The highest BCUT2D eigenvalue weighted by molar-refractivity contribution is 5.76. The van der Waals surface area contributed by atoms with E-state index in [0.717, 1.165) is 13.1 Å². The van der Waals surface area contributed by atoms with Gasteiger partial charge in [-0.2, -0.15) is 0 Å². The van der Waals surface area contributed by atoms with Crippen LogP contribution in [0.3, 0.4) is 0 Å². The molecule has 0 spiro atoms. The second-order valence-corrected chi connectivity index (χ2v) is 3.74. The van der Waals surface area contributed by atoms with Gasteiger partial charge in [-0.25, -0.2) is 4.39 Å². The van der Waals surface area contributed by atoms with Crippen molar-refractivity contribution in [2.24, 2.45) is 5.41 Å². The van der Waals surface area contributed by atoms with Crippen LogP contribution in [0.25, 0.3) is 0 Å². The Hall–Kier alpha value is -0.640. The van der Waals surface area contributed by atoms with E-state index < -0.39 is 17.6 Å². The minimum atomic E-state index is -1.14. The Balaban J connectivity index is 2.27. The van der Waals surface area contributed by atoms with Crippen molar-refractivity contribution >= 4 is 5.97 Å². The number of hydrogen-bond donors (Lipinski definition) is 1. The van der Waals surface area contributed by atoms with Crippen LogP contribution in [0.4, 0.5) is 4.39 Å². The average molecular weight is 173 g/mol. The standard InChI is InChI=1S/C8H12FNO2/c9-6-1-3-10-4-2-8(6,5-10)7(11)12/h6H,1-5H2,(H,11,12). The lowest BCUT2D eigenvalue weighted by atomic mass is 9.79. The Morgan fingerprint density at radius 3 is 2.92 bits per heavy atom. The van der Waals surface area contributed by atoms with Gasteiger partial charge in [-0.15, -0.1) is 0 Å². The van der Waals surface area contributed by atoms with Crippen molar-refractivity contribution in [3.8, 4) is 0 Å². The topological polar surface area (TPSA) is 40.5 Å². The van der Waals surface area contributed by atoms with Crippen LogP contribution in [0.5, 0.6) is 0 Å². The van der Waals surface area contributed by atoms with E-state index in [1.165, 1.54) is 0 Å². The highest BCUT2D eigenvalue weighted by atomic mass is 19.1. The van der Waals surface area contributed by atoms with Crippen molar-refractivity contribution in [1.82, 2.24) is 4.90 Å². The number of halogens is 1. The molecule has 2 aliphatic heterocycles. The summed E-state index contributed by atoms with van der Waals surface area (Å²) in [4.78, 5) is 12.9. The van der Waals surface area contributed by atoms with Crippen LogP contribution in [-0.4, -0.2) is 41.8 Å². The largest absolute Gasteiger partial charge is 0.481 e. The van der Waals surface area contributed by atoms with Gasteiger partial charge < -0.3 is 10.0 Å². The Morgan fingerprint density at radius 2 is 2.33 bits per heavy atom. The molecule has 12 heavy (non-hydrogen) atoms. The fraction of sp³-hybridized carbons (Fsp3) is 0.875. The summed E-state index contributed by atoms with van der Waals surface area (Å²) in [5, 5.41) is 8.92. The zero-order chi connectivity index (χ0) is 8.77. The highest BCUT2D eigenvalue weighted by Gasteiger charge is 2.53. The molecule has 2 saturated heterocycles. The third-order valence-corrected chi connectivity index (χ3v) is 3.10. The van der Waals surface area contributed by atoms with Crippen LogP contribution in [-0.2, 0) is 4.79 Å². The van der Waals surface area contributed by atoms with Crippen LogP contribution in [0, 0.1) is 5.41 Å². The molecule has 2 rings (SSSR count). The van der Waals surface area contributed by atoms with E-state index in [1.54, 1.807) is 0 Å². The molecule has 2 aliphatic rings. The maximum Gasteiger partial charge on any atom is 0.313 e. The molecule has 3 nitrogen and oxygen atoms in total. The van der Waals surface area contributed by atoms with Gasteiger partial charge in [0.25, 0.3) is 0 Å². The van der Waals surface area contributed by atoms with E-state index in [-0.39, 0.29) is 0 Å². The van der Waals surface area contributed by atoms with Gasteiger partial charge in [0.1, 0.15) is 11.6 Å². The first-order valence-corrected chi connectivity index (χ1v) is 4.25. The first kappa shape index (κ1) is 7.98. The lowest BCUT2D eigenvalue weighted by molar-refractivity contribution is -0.154. The van der Waals surface area contributed by atoms with Crippen LogP contribution in [0.2, 0.25) is 0 Å². The van der Waals surface area contributed by atoms with E-state index in [4.69, 9.17) is 5.11 Å². The number of carboxylic acids is 1. The Morgan fingerprint density at radius 1 is 1.58 bits per heavy atom. The smallest absolute Gasteiger partial charge is 0.313 e. The molecule has 1 N–H and O–H groups in total. The second kappa shape index (κ2) is 2.42. The summed E-state index contributed by atoms with van der Waals surface area (Å²) in [7, 11) is 0. The number of nitrogens with zero attached hydrogens (tertiary/aromatic N) is 1. The van der Waals surface area contributed by atoms with Crippen molar-refractivity contribution < 1.29 is 14.3 Å². The third-order valence-electron chi connectivity index (χ3n) is 3.10. The van der Waals surface area contributed by atoms with Gasteiger partial charge in [0.15, 0.2) is 0 Å². The molecule has 2 fully saturated rings. The van der Waals surface area contributed by atoms with Crippen molar-refractivity contribution in [3.63, 3.8) is 0 Å². The number of piperidine rings is 1. The molecule has 0 aromatic heterocycles. The molecule has 0 amide bonds. The summed E-state index contributed by atoms with van der Waals surface area (Å²) in [6.07, 6.45) is -0.288. The van der Waals surface area contributed by atoms with E-state index in [2.05, 4.69) is 0 Å². The summed E-state index contributed by atoms with van der Waals surface area (Å²) in [6.45, 7) is 1.87. The molecular formula is C8H12FNO2. The van der Waals surface area contributed by atoms with Crippen LogP contribution in [0.1, 0.15) is 12.8 Å². The molecule has 2 bridgehead atoms. The fourth-order valence-electron chi connectivity index (χ4n) is 2.24. The van der Waals surface area contributed by atoms with Crippen LogP contribution >= 0.6 is 0 Å². The molecule has 0 aliphatic carbocycles. The van der Waals surface area contributed by atoms with Gasteiger partial charge in [-0.1, -0.05) is 0 Å². The van der Waals surface area contributed by atoms with Gasteiger partial charge in [-0.05, 0) is 19.4 Å².